The van der Waals surface area contributed by atoms with E-state index >= 15 is 0 Å². The van der Waals surface area contributed by atoms with Crippen LogP contribution in [0.1, 0.15) is 18.1 Å². The Balaban J connectivity index is 1.91. The molecule has 6 nitrogen and oxygen atoms in total. The smallest absolute Gasteiger partial charge is 0.319 e. The topological polar surface area (TPSA) is 66.5 Å². The minimum Gasteiger partial charge on any atom is -0.480 e. The maximum absolute atomic E-state index is 12.0. The molecule has 0 aliphatic rings. The third kappa shape index (κ3) is 5.24. The summed E-state index contributed by atoms with van der Waals surface area (Å²) in [5.41, 5.74) is 2.83. The Kier molecular flexibility index (Phi) is 6.57. The van der Waals surface area contributed by atoms with Gasteiger partial charge in [0.05, 0.1) is 7.11 Å². The van der Waals surface area contributed by atoms with Gasteiger partial charge in [-0.1, -0.05) is 31.2 Å². The Morgan fingerprint density at radius 2 is 2.04 bits per heavy atom. The molecule has 2 aromatic rings. The van der Waals surface area contributed by atoms with Crippen LogP contribution in [0.4, 0.5) is 10.5 Å². The van der Waals surface area contributed by atoms with E-state index in [0.717, 1.165) is 18.7 Å². The van der Waals surface area contributed by atoms with Crippen LogP contribution in [0.5, 0.6) is 5.88 Å². The summed E-state index contributed by atoms with van der Waals surface area (Å²) < 4.78 is 5.11. The van der Waals surface area contributed by atoms with Gasteiger partial charge in [-0.05, 0) is 36.9 Å². The fourth-order valence-electron chi connectivity index (χ4n) is 2.26. The molecule has 0 spiro atoms. The summed E-state index contributed by atoms with van der Waals surface area (Å²) in [7, 11) is 3.60. The lowest BCUT2D eigenvalue weighted by atomic mass is 10.1. The van der Waals surface area contributed by atoms with Crippen LogP contribution in [0.25, 0.3) is 0 Å². The molecule has 1 aromatic carbocycles. The average Bonchev–Trinajstić information content (AvgIpc) is 2.60. The van der Waals surface area contributed by atoms with Gasteiger partial charge in [-0.15, -0.1) is 0 Å². The Hall–Kier alpha value is -2.60. The van der Waals surface area contributed by atoms with Gasteiger partial charge in [0.15, 0.2) is 0 Å². The second-order valence-corrected chi connectivity index (χ2v) is 5.52. The van der Waals surface area contributed by atoms with E-state index in [0.29, 0.717) is 18.1 Å². The van der Waals surface area contributed by atoms with Crippen molar-refractivity contribution in [1.82, 2.24) is 15.2 Å². The van der Waals surface area contributed by atoms with E-state index in [1.54, 1.807) is 18.3 Å². The first-order valence-corrected chi connectivity index (χ1v) is 7.92. The highest BCUT2D eigenvalue weighted by Crippen LogP contribution is 2.19. The molecule has 0 fully saturated rings. The van der Waals surface area contributed by atoms with Gasteiger partial charge in [-0.3, -0.25) is 0 Å². The molecule has 0 aliphatic heterocycles. The second kappa shape index (κ2) is 8.88. The minimum absolute atomic E-state index is 0.294. The number of methoxy groups -OCH3 is 1. The third-order valence-corrected chi connectivity index (χ3v) is 3.65. The van der Waals surface area contributed by atoms with E-state index in [1.165, 1.54) is 12.7 Å². The first-order chi connectivity index (χ1) is 11.6. The first-order valence-electron chi connectivity index (χ1n) is 7.92. The van der Waals surface area contributed by atoms with Crippen molar-refractivity contribution in [3.8, 4) is 5.88 Å². The monoisotopic (exact) mass is 328 g/mol. The van der Waals surface area contributed by atoms with E-state index in [9.17, 15) is 4.79 Å². The molecule has 0 atom stereocenters. The van der Waals surface area contributed by atoms with Crippen LogP contribution in [-0.2, 0) is 13.1 Å². The van der Waals surface area contributed by atoms with Crippen molar-refractivity contribution in [2.75, 3.05) is 26.0 Å². The van der Waals surface area contributed by atoms with Gasteiger partial charge in [0, 0.05) is 19.3 Å². The molecule has 24 heavy (non-hydrogen) atoms. The number of anilines is 1. The molecule has 2 amide bonds. The summed E-state index contributed by atoms with van der Waals surface area (Å²) in [4.78, 5) is 18.3. The number of ether oxygens (including phenoxy) is 1. The number of rotatable bonds is 7. The Bertz CT molecular complexity index is 676. The van der Waals surface area contributed by atoms with Crippen LogP contribution in [0.15, 0.2) is 42.6 Å². The highest BCUT2D eigenvalue weighted by atomic mass is 16.5. The largest absolute Gasteiger partial charge is 0.480 e. The highest BCUT2D eigenvalue weighted by molar-refractivity contribution is 5.90. The van der Waals surface area contributed by atoms with Crippen molar-refractivity contribution in [3.05, 3.63) is 53.7 Å². The number of carbonyl (C=O) groups excluding carboxylic acids is 1. The molecule has 1 aromatic heterocycles. The molecule has 6 heteroatoms. The molecule has 2 rings (SSSR count). The van der Waals surface area contributed by atoms with Gasteiger partial charge in [0.1, 0.15) is 5.69 Å². The first kappa shape index (κ1) is 17.7. The molecule has 0 unspecified atom stereocenters. The van der Waals surface area contributed by atoms with E-state index in [-0.39, 0.29) is 6.03 Å². The number of nitrogens with one attached hydrogen (secondary N) is 2. The van der Waals surface area contributed by atoms with Crippen LogP contribution in [0, 0.1) is 0 Å². The molecular formula is C18H24N4O2. The standard InChI is InChI=1S/C18H24N4O2/c1-4-22(2)13-15-8-5-7-14(11-15)12-20-18(23)21-16-9-6-10-19-17(16)24-3/h5-11H,4,12-13H2,1-3H3,(H2,20,21,23). The minimum atomic E-state index is -0.294. The van der Waals surface area contributed by atoms with Crippen LogP contribution < -0.4 is 15.4 Å². The maximum Gasteiger partial charge on any atom is 0.319 e. The quantitative estimate of drug-likeness (QED) is 0.820. The van der Waals surface area contributed by atoms with Crippen molar-refractivity contribution >= 4 is 11.7 Å². The number of urea groups is 1. The summed E-state index contributed by atoms with van der Waals surface area (Å²) in [5.74, 6) is 0.386. The second-order valence-electron chi connectivity index (χ2n) is 5.52. The summed E-state index contributed by atoms with van der Waals surface area (Å²) in [5, 5.41) is 5.59. The van der Waals surface area contributed by atoms with Crippen LogP contribution in [0.2, 0.25) is 0 Å². The van der Waals surface area contributed by atoms with Gasteiger partial charge in [-0.2, -0.15) is 0 Å². The number of hydrogen-bond acceptors (Lipinski definition) is 4. The summed E-state index contributed by atoms with van der Waals surface area (Å²) in [6, 6.07) is 11.4. The Morgan fingerprint density at radius 3 is 2.79 bits per heavy atom. The van der Waals surface area contributed by atoms with Crippen LogP contribution in [0.3, 0.4) is 0 Å². The SMILES string of the molecule is CCN(C)Cc1cccc(CNC(=O)Nc2cccnc2OC)c1. The van der Waals surface area contributed by atoms with Crippen LogP contribution in [-0.4, -0.2) is 36.6 Å². The van der Waals surface area contributed by atoms with Gasteiger partial charge < -0.3 is 20.3 Å². The zero-order chi connectivity index (χ0) is 17.4. The van der Waals surface area contributed by atoms with E-state index < -0.39 is 0 Å². The average molecular weight is 328 g/mol. The molecule has 0 radical (unpaired) electrons. The number of nitrogens with zero attached hydrogens (tertiary/aromatic N) is 2. The van der Waals surface area contributed by atoms with E-state index in [4.69, 9.17) is 4.74 Å². The molecule has 0 saturated carbocycles. The molecule has 2 N–H and O–H groups in total. The zero-order valence-corrected chi connectivity index (χ0v) is 14.4. The number of pyridine rings is 1. The van der Waals surface area contributed by atoms with Crippen molar-refractivity contribution < 1.29 is 9.53 Å². The fraction of sp³-hybridized carbons (Fsp3) is 0.333. The molecule has 0 bridgehead atoms. The number of carbonyl (C=O) groups is 1. The fourth-order valence-corrected chi connectivity index (χ4v) is 2.26. The van der Waals surface area contributed by atoms with E-state index in [2.05, 4.69) is 46.6 Å². The van der Waals surface area contributed by atoms with Crippen molar-refractivity contribution in [2.24, 2.45) is 0 Å². The lowest BCUT2D eigenvalue weighted by molar-refractivity contribution is 0.251. The van der Waals surface area contributed by atoms with Crippen molar-refractivity contribution in [3.63, 3.8) is 0 Å². The molecule has 1 heterocycles. The summed E-state index contributed by atoms with van der Waals surface area (Å²) in [6.07, 6.45) is 1.61. The predicted molar refractivity (Wildman–Crippen MR) is 95.1 cm³/mol. The normalized spacial score (nSPS) is 10.5. The summed E-state index contributed by atoms with van der Waals surface area (Å²) in [6.45, 7) is 4.47. The molecule has 0 aliphatic carbocycles. The predicted octanol–water partition coefficient (Wildman–Crippen LogP) is 2.86. The zero-order valence-electron chi connectivity index (χ0n) is 14.4. The number of aromatic nitrogens is 1. The number of amides is 2. The lowest BCUT2D eigenvalue weighted by Gasteiger charge is -2.15. The Morgan fingerprint density at radius 1 is 1.25 bits per heavy atom. The third-order valence-electron chi connectivity index (χ3n) is 3.65. The van der Waals surface area contributed by atoms with Crippen molar-refractivity contribution in [1.29, 1.82) is 0 Å². The van der Waals surface area contributed by atoms with Gasteiger partial charge in [0.25, 0.3) is 0 Å². The maximum atomic E-state index is 12.0. The molecule has 128 valence electrons. The van der Waals surface area contributed by atoms with E-state index in [1.807, 2.05) is 12.1 Å². The van der Waals surface area contributed by atoms with Gasteiger partial charge in [0.2, 0.25) is 5.88 Å². The van der Waals surface area contributed by atoms with Crippen LogP contribution >= 0.6 is 0 Å². The van der Waals surface area contributed by atoms with Crippen molar-refractivity contribution in [2.45, 2.75) is 20.0 Å². The lowest BCUT2D eigenvalue weighted by Crippen LogP contribution is -2.28. The molecule has 0 saturated heterocycles. The van der Waals surface area contributed by atoms with Gasteiger partial charge in [-0.25, -0.2) is 9.78 Å². The summed E-state index contributed by atoms with van der Waals surface area (Å²) >= 11 is 0. The number of benzene rings is 1. The Labute approximate surface area is 142 Å². The molecular weight excluding hydrogens is 304 g/mol. The van der Waals surface area contributed by atoms with Gasteiger partial charge >= 0.3 is 6.03 Å². The highest BCUT2D eigenvalue weighted by Gasteiger charge is 2.07. The number of hydrogen-bond donors (Lipinski definition) is 2.